The molecule has 16 heavy (non-hydrogen) atoms. The number of ether oxygens (including phenoxy) is 1. The third-order valence-corrected chi connectivity index (χ3v) is 2.26. The third-order valence-electron chi connectivity index (χ3n) is 2.06. The van der Waals surface area contributed by atoms with Crippen molar-refractivity contribution in [2.24, 2.45) is 0 Å². The number of halogens is 1. The molecule has 0 bridgehead atoms. The molecule has 0 aliphatic heterocycles. The SMILES string of the molecule is CCn1cc(Cl)cc1C(=O)NCC(=O)OC. The lowest BCUT2D eigenvalue weighted by atomic mass is 10.4. The van der Waals surface area contributed by atoms with Crippen molar-refractivity contribution >= 4 is 23.5 Å². The fourth-order valence-corrected chi connectivity index (χ4v) is 1.46. The van der Waals surface area contributed by atoms with E-state index in [1.165, 1.54) is 7.11 Å². The number of nitrogens with zero attached hydrogens (tertiary/aromatic N) is 1. The van der Waals surface area contributed by atoms with Gasteiger partial charge in [-0.05, 0) is 13.0 Å². The molecule has 1 heterocycles. The number of amides is 1. The molecule has 1 rings (SSSR count). The number of hydrogen-bond donors (Lipinski definition) is 1. The highest BCUT2D eigenvalue weighted by molar-refractivity contribution is 6.31. The molecule has 1 aromatic heterocycles. The van der Waals surface area contributed by atoms with Crippen LogP contribution in [0.4, 0.5) is 0 Å². The summed E-state index contributed by atoms with van der Waals surface area (Å²) in [5.41, 5.74) is 0.427. The molecule has 0 aliphatic carbocycles. The van der Waals surface area contributed by atoms with Crippen LogP contribution in [-0.2, 0) is 16.1 Å². The highest BCUT2D eigenvalue weighted by atomic mass is 35.5. The molecule has 88 valence electrons. The Kier molecular flexibility index (Phi) is 4.37. The van der Waals surface area contributed by atoms with Crippen LogP contribution < -0.4 is 5.32 Å². The van der Waals surface area contributed by atoms with Crippen LogP contribution in [0.15, 0.2) is 12.3 Å². The number of nitrogens with one attached hydrogen (secondary N) is 1. The van der Waals surface area contributed by atoms with Gasteiger partial charge in [0, 0.05) is 12.7 Å². The van der Waals surface area contributed by atoms with Crippen LogP contribution in [0.25, 0.3) is 0 Å². The molecule has 0 spiro atoms. The van der Waals surface area contributed by atoms with E-state index >= 15 is 0 Å². The minimum Gasteiger partial charge on any atom is -0.468 e. The molecule has 6 heteroatoms. The molecule has 5 nitrogen and oxygen atoms in total. The van der Waals surface area contributed by atoms with Crippen molar-refractivity contribution in [2.75, 3.05) is 13.7 Å². The topological polar surface area (TPSA) is 60.3 Å². The molecule has 0 aliphatic rings. The second kappa shape index (κ2) is 5.55. The number of aromatic nitrogens is 1. The van der Waals surface area contributed by atoms with Gasteiger partial charge < -0.3 is 14.6 Å². The molecule has 0 saturated heterocycles. The van der Waals surface area contributed by atoms with E-state index < -0.39 is 5.97 Å². The molecule has 0 saturated carbocycles. The van der Waals surface area contributed by atoms with Crippen LogP contribution >= 0.6 is 11.6 Å². The quantitative estimate of drug-likeness (QED) is 0.806. The number of hydrogen-bond acceptors (Lipinski definition) is 3. The first kappa shape index (κ1) is 12.6. The summed E-state index contributed by atoms with van der Waals surface area (Å²) in [5, 5.41) is 2.94. The van der Waals surface area contributed by atoms with Crippen LogP contribution in [0.1, 0.15) is 17.4 Å². The van der Waals surface area contributed by atoms with Crippen molar-refractivity contribution in [1.82, 2.24) is 9.88 Å². The Morgan fingerprint density at radius 1 is 1.56 bits per heavy atom. The van der Waals surface area contributed by atoms with E-state index in [-0.39, 0.29) is 12.5 Å². The number of rotatable bonds is 4. The summed E-state index contributed by atoms with van der Waals surface area (Å²) < 4.78 is 6.12. The Morgan fingerprint density at radius 3 is 2.81 bits per heavy atom. The highest BCUT2D eigenvalue weighted by Gasteiger charge is 2.13. The Morgan fingerprint density at radius 2 is 2.25 bits per heavy atom. The van der Waals surface area contributed by atoms with Crippen molar-refractivity contribution in [3.8, 4) is 0 Å². The maximum absolute atomic E-state index is 11.7. The van der Waals surface area contributed by atoms with Crippen molar-refractivity contribution in [3.05, 3.63) is 23.0 Å². The monoisotopic (exact) mass is 244 g/mol. The first-order valence-electron chi connectivity index (χ1n) is 4.79. The maximum atomic E-state index is 11.7. The van der Waals surface area contributed by atoms with Gasteiger partial charge in [0.2, 0.25) is 0 Å². The first-order valence-corrected chi connectivity index (χ1v) is 5.17. The van der Waals surface area contributed by atoms with Gasteiger partial charge >= 0.3 is 5.97 Å². The summed E-state index contributed by atoms with van der Waals surface area (Å²) in [6, 6.07) is 1.55. The minimum absolute atomic E-state index is 0.151. The summed E-state index contributed by atoms with van der Waals surface area (Å²) in [6.45, 7) is 2.38. The Labute approximate surface area is 98.3 Å². The average molecular weight is 245 g/mol. The number of carbonyl (C=O) groups excluding carboxylic acids is 2. The average Bonchev–Trinajstić information content (AvgIpc) is 2.66. The van der Waals surface area contributed by atoms with Crippen molar-refractivity contribution in [3.63, 3.8) is 0 Å². The zero-order valence-corrected chi connectivity index (χ0v) is 9.87. The molecule has 0 aromatic carbocycles. The van der Waals surface area contributed by atoms with E-state index in [1.807, 2.05) is 6.92 Å². The van der Waals surface area contributed by atoms with Gasteiger partial charge in [-0.25, -0.2) is 0 Å². The molecular weight excluding hydrogens is 232 g/mol. The highest BCUT2D eigenvalue weighted by Crippen LogP contribution is 2.13. The lowest BCUT2D eigenvalue weighted by Gasteiger charge is -2.06. The molecular formula is C10H13ClN2O3. The van der Waals surface area contributed by atoms with Crippen molar-refractivity contribution in [2.45, 2.75) is 13.5 Å². The standard InChI is InChI=1S/C10H13ClN2O3/c1-3-13-6-7(11)4-8(13)10(15)12-5-9(14)16-2/h4,6H,3,5H2,1-2H3,(H,12,15). The normalized spacial score (nSPS) is 9.94. The van der Waals surface area contributed by atoms with E-state index in [4.69, 9.17) is 11.6 Å². The second-order valence-electron chi connectivity index (χ2n) is 3.09. The molecule has 1 N–H and O–H groups in total. The van der Waals surface area contributed by atoms with E-state index in [0.717, 1.165) is 0 Å². The number of methoxy groups -OCH3 is 1. The Hall–Kier alpha value is -1.49. The Bertz CT molecular complexity index is 401. The second-order valence-corrected chi connectivity index (χ2v) is 3.52. The summed E-state index contributed by atoms with van der Waals surface area (Å²) in [5.74, 6) is -0.840. The largest absolute Gasteiger partial charge is 0.468 e. The van der Waals surface area contributed by atoms with Gasteiger partial charge in [0.1, 0.15) is 12.2 Å². The lowest BCUT2D eigenvalue weighted by Crippen LogP contribution is -2.31. The molecule has 0 atom stereocenters. The van der Waals surface area contributed by atoms with Crippen LogP contribution in [0.2, 0.25) is 5.02 Å². The van der Waals surface area contributed by atoms with Gasteiger partial charge in [-0.15, -0.1) is 0 Å². The summed E-state index contributed by atoms with van der Waals surface area (Å²) in [7, 11) is 1.26. The molecule has 1 aromatic rings. The molecule has 0 radical (unpaired) electrons. The zero-order valence-electron chi connectivity index (χ0n) is 9.12. The predicted molar refractivity (Wildman–Crippen MR) is 59.5 cm³/mol. The maximum Gasteiger partial charge on any atom is 0.325 e. The third kappa shape index (κ3) is 3.00. The van der Waals surface area contributed by atoms with E-state index in [2.05, 4.69) is 10.1 Å². The van der Waals surface area contributed by atoms with E-state index in [0.29, 0.717) is 17.3 Å². The fraction of sp³-hybridized carbons (Fsp3) is 0.400. The van der Waals surface area contributed by atoms with Crippen LogP contribution in [0.3, 0.4) is 0 Å². The van der Waals surface area contributed by atoms with Gasteiger partial charge in [-0.2, -0.15) is 0 Å². The number of carbonyl (C=O) groups is 2. The fourth-order valence-electron chi connectivity index (χ4n) is 1.24. The van der Waals surface area contributed by atoms with Gasteiger partial charge in [-0.3, -0.25) is 9.59 Å². The minimum atomic E-state index is -0.492. The summed E-state index contributed by atoms with van der Waals surface area (Å²) >= 11 is 5.79. The molecule has 0 unspecified atom stereocenters. The summed E-state index contributed by atoms with van der Waals surface area (Å²) in [4.78, 5) is 22.5. The van der Waals surface area contributed by atoms with E-state index in [1.54, 1.807) is 16.8 Å². The molecule has 1 amide bonds. The van der Waals surface area contributed by atoms with Crippen LogP contribution in [0.5, 0.6) is 0 Å². The van der Waals surface area contributed by atoms with Gasteiger partial charge in [0.25, 0.3) is 5.91 Å². The van der Waals surface area contributed by atoms with Crippen molar-refractivity contribution in [1.29, 1.82) is 0 Å². The predicted octanol–water partition coefficient (Wildman–Crippen LogP) is 1.06. The number of esters is 1. The summed E-state index contributed by atoms with van der Waals surface area (Å²) in [6.07, 6.45) is 1.66. The first-order chi connectivity index (χ1) is 7.58. The van der Waals surface area contributed by atoms with Crippen LogP contribution in [-0.4, -0.2) is 30.1 Å². The molecule has 0 fully saturated rings. The van der Waals surface area contributed by atoms with Gasteiger partial charge in [-0.1, -0.05) is 11.6 Å². The van der Waals surface area contributed by atoms with E-state index in [9.17, 15) is 9.59 Å². The lowest BCUT2D eigenvalue weighted by molar-refractivity contribution is -0.139. The van der Waals surface area contributed by atoms with Crippen LogP contribution in [0, 0.1) is 0 Å². The smallest absolute Gasteiger partial charge is 0.325 e. The van der Waals surface area contributed by atoms with Crippen molar-refractivity contribution < 1.29 is 14.3 Å². The van der Waals surface area contributed by atoms with Gasteiger partial charge in [0.15, 0.2) is 0 Å². The van der Waals surface area contributed by atoms with Gasteiger partial charge in [0.05, 0.1) is 12.1 Å². The number of aryl methyl sites for hydroxylation is 1. The zero-order chi connectivity index (χ0) is 12.1. The Balaban J connectivity index is 2.68.